The van der Waals surface area contributed by atoms with Gasteiger partial charge in [-0.25, -0.2) is 9.78 Å². The number of amides is 1. The van der Waals surface area contributed by atoms with E-state index in [1.54, 1.807) is 13.2 Å². The van der Waals surface area contributed by atoms with E-state index < -0.39 is 12.0 Å². The lowest BCUT2D eigenvalue weighted by molar-refractivity contribution is -0.140. The molecule has 0 bridgehead atoms. The zero-order valence-electron chi connectivity index (χ0n) is 11.5. The molecule has 1 amide bonds. The third kappa shape index (κ3) is 3.88. The van der Waals surface area contributed by atoms with Crippen molar-refractivity contribution >= 4 is 34.7 Å². The number of carbonyl (C=O) groups excluding carboxylic acids is 1. The van der Waals surface area contributed by atoms with Crippen LogP contribution in [0, 0.1) is 0 Å². The Labute approximate surface area is 125 Å². The van der Waals surface area contributed by atoms with E-state index in [1.165, 1.54) is 18.7 Å². The van der Waals surface area contributed by atoms with Crippen molar-refractivity contribution in [2.24, 2.45) is 0 Å². The highest BCUT2D eigenvalue weighted by Crippen LogP contribution is 2.23. The molecule has 0 spiro atoms. The molecule has 1 aromatic carbocycles. The number of aromatic nitrogens is 2. The maximum atomic E-state index is 11.0. The minimum Gasteiger partial charge on any atom is -0.497 e. The number of benzene rings is 1. The number of fused-ring (bicyclic) bond motifs is 1. The molecule has 0 aliphatic rings. The largest absolute Gasteiger partial charge is 0.497 e. The van der Waals surface area contributed by atoms with Crippen molar-refractivity contribution in [1.82, 2.24) is 15.3 Å². The highest BCUT2D eigenvalue weighted by atomic mass is 32.2. The number of carboxylic acid groups (broad SMARTS) is 1. The predicted octanol–water partition coefficient (Wildman–Crippen LogP) is 1.25. The van der Waals surface area contributed by atoms with E-state index in [-0.39, 0.29) is 11.7 Å². The van der Waals surface area contributed by atoms with E-state index in [4.69, 9.17) is 9.84 Å². The Bertz CT molecular complexity index is 670. The van der Waals surface area contributed by atoms with Gasteiger partial charge >= 0.3 is 5.97 Å². The summed E-state index contributed by atoms with van der Waals surface area (Å²) in [4.78, 5) is 29.4. The number of imidazole rings is 1. The number of thioether (sulfide) groups is 1. The summed E-state index contributed by atoms with van der Waals surface area (Å²) in [6, 6.07) is 4.48. The number of aliphatic carboxylic acids is 1. The van der Waals surface area contributed by atoms with Crippen molar-refractivity contribution in [2.45, 2.75) is 18.1 Å². The number of H-pyrrole nitrogens is 1. The van der Waals surface area contributed by atoms with Crippen LogP contribution in [0.4, 0.5) is 0 Å². The molecular formula is C13H15N3O4S. The highest BCUT2D eigenvalue weighted by molar-refractivity contribution is 7.99. The third-order valence-corrected chi connectivity index (χ3v) is 3.70. The molecule has 0 fully saturated rings. The van der Waals surface area contributed by atoms with Gasteiger partial charge in [0.25, 0.3) is 0 Å². The van der Waals surface area contributed by atoms with E-state index >= 15 is 0 Å². The van der Waals surface area contributed by atoms with Crippen LogP contribution in [0.2, 0.25) is 0 Å². The molecular weight excluding hydrogens is 294 g/mol. The summed E-state index contributed by atoms with van der Waals surface area (Å²) in [5.41, 5.74) is 1.58. The lowest BCUT2D eigenvalue weighted by Crippen LogP contribution is -2.41. The summed E-state index contributed by atoms with van der Waals surface area (Å²) >= 11 is 1.24. The third-order valence-electron chi connectivity index (χ3n) is 2.73. The number of hydrogen-bond donors (Lipinski definition) is 3. The van der Waals surface area contributed by atoms with Gasteiger partial charge in [-0.05, 0) is 12.1 Å². The van der Waals surface area contributed by atoms with Crippen molar-refractivity contribution in [2.75, 3.05) is 12.9 Å². The predicted molar refractivity (Wildman–Crippen MR) is 78.6 cm³/mol. The fourth-order valence-corrected chi connectivity index (χ4v) is 2.64. The molecule has 1 aromatic heterocycles. The number of ether oxygens (including phenoxy) is 1. The number of nitrogens with zero attached hydrogens (tertiary/aromatic N) is 1. The molecule has 2 aromatic rings. The van der Waals surface area contributed by atoms with Gasteiger partial charge in [-0.15, -0.1) is 0 Å². The standard InChI is InChI=1S/C13H15N3O4S/c1-7(17)14-11(12(18)19)6-21-13-15-9-4-3-8(20-2)5-10(9)16-13/h3-5,11H,6H2,1-2H3,(H,14,17)(H,15,16)(H,18,19)/t11-/m0/s1. The molecule has 8 heteroatoms. The minimum absolute atomic E-state index is 0.186. The summed E-state index contributed by atoms with van der Waals surface area (Å²) in [5.74, 6) is -0.552. The summed E-state index contributed by atoms with van der Waals surface area (Å²) in [6.45, 7) is 1.29. The van der Waals surface area contributed by atoms with Crippen molar-refractivity contribution < 1.29 is 19.4 Å². The van der Waals surface area contributed by atoms with Crippen LogP contribution in [0.5, 0.6) is 5.75 Å². The van der Waals surface area contributed by atoms with Gasteiger partial charge in [0.05, 0.1) is 18.1 Å². The van der Waals surface area contributed by atoms with Gasteiger partial charge in [0, 0.05) is 18.7 Å². The molecule has 0 radical (unpaired) electrons. The van der Waals surface area contributed by atoms with E-state index in [1.807, 2.05) is 12.1 Å². The fourth-order valence-electron chi connectivity index (χ4n) is 1.74. The molecule has 112 valence electrons. The van der Waals surface area contributed by atoms with Gasteiger partial charge in [-0.3, -0.25) is 4.79 Å². The first-order valence-electron chi connectivity index (χ1n) is 6.16. The van der Waals surface area contributed by atoms with Crippen LogP contribution in [0.25, 0.3) is 11.0 Å². The first kappa shape index (κ1) is 15.2. The van der Waals surface area contributed by atoms with E-state index in [0.717, 1.165) is 11.0 Å². The second-order valence-corrected chi connectivity index (χ2v) is 5.34. The van der Waals surface area contributed by atoms with Gasteiger partial charge in [0.1, 0.15) is 11.8 Å². The quantitative estimate of drug-likeness (QED) is 0.694. The summed E-state index contributed by atoms with van der Waals surface area (Å²) < 4.78 is 5.13. The summed E-state index contributed by atoms with van der Waals surface area (Å²) in [6.07, 6.45) is 0. The van der Waals surface area contributed by atoms with Gasteiger partial charge < -0.3 is 20.1 Å². The number of hydrogen-bond acceptors (Lipinski definition) is 5. The first-order valence-corrected chi connectivity index (χ1v) is 7.14. The van der Waals surface area contributed by atoms with Gasteiger partial charge in [0.15, 0.2) is 5.16 Å². The van der Waals surface area contributed by atoms with Crippen molar-refractivity contribution in [1.29, 1.82) is 0 Å². The zero-order chi connectivity index (χ0) is 15.4. The molecule has 0 saturated heterocycles. The Morgan fingerprint density at radius 2 is 2.29 bits per heavy atom. The molecule has 0 unspecified atom stereocenters. The van der Waals surface area contributed by atoms with E-state index in [2.05, 4.69) is 15.3 Å². The first-order chi connectivity index (χ1) is 9.99. The van der Waals surface area contributed by atoms with Crippen molar-refractivity contribution in [3.05, 3.63) is 18.2 Å². The molecule has 0 aliphatic heterocycles. The molecule has 0 saturated carbocycles. The Hall–Kier alpha value is -2.22. The normalized spacial score (nSPS) is 12.1. The molecule has 1 heterocycles. The average Bonchev–Trinajstić information content (AvgIpc) is 2.84. The zero-order valence-corrected chi connectivity index (χ0v) is 12.4. The van der Waals surface area contributed by atoms with Gasteiger partial charge in [0.2, 0.25) is 5.91 Å². The summed E-state index contributed by atoms with van der Waals surface area (Å²) in [5, 5.41) is 12.0. The lowest BCUT2D eigenvalue weighted by Gasteiger charge is -2.11. The summed E-state index contributed by atoms with van der Waals surface area (Å²) in [7, 11) is 1.58. The fraction of sp³-hybridized carbons (Fsp3) is 0.308. The van der Waals surface area contributed by atoms with Crippen LogP contribution in [-0.4, -0.2) is 45.9 Å². The van der Waals surface area contributed by atoms with Crippen LogP contribution in [0.15, 0.2) is 23.4 Å². The average molecular weight is 309 g/mol. The SMILES string of the molecule is COc1ccc2nc(SC[C@H](NC(C)=O)C(=O)O)[nH]c2c1. The lowest BCUT2D eigenvalue weighted by atomic mass is 10.3. The molecule has 7 nitrogen and oxygen atoms in total. The highest BCUT2D eigenvalue weighted by Gasteiger charge is 2.19. The van der Waals surface area contributed by atoms with Crippen LogP contribution >= 0.6 is 11.8 Å². The Morgan fingerprint density at radius 3 is 2.90 bits per heavy atom. The number of methoxy groups -OCH3 is 1. The number of rotatable bonds is 6. The number of nitrogens with one attached hydrogen (secondary N) is 2. The van der Waals surface area contributed by atoms with E-state index in [0.29, 0.717) is 10.9 Å². The Kier molecular flexibility index (Phi) is 4.69. The second kappa shape index (κ2) is 6.49. The van der Waals surface area contributed by atoms with E-state index in [9.17, 15) is 9.59 Å². The maximum Gasteiger partial charge on any atom is 0.327 e. The molecule has 21 heavy (non-hydrogen) atoms. The van der Waals surface area contributed by atoms with Crippen molar-refractivity contribution in [3.63, 3.8) is 0 Å². The van der Waals surface area contributed by atoms with Crippen LogP contribution in [0.3, 0.4) is 0 Å². The van der Waals surface area contributed by atoms with Crippen LogP contribution in [0.1, 0.15) is 6.92 Å². The molecule has 1 atom stereocenters. The van der Waals surface area contributed by atoms with Gasteiger partial charge in [-0.2, -0.15) is 0 Å². The maximum absolute atomic E-state index is 11.0. The Balaban J connectivity index is 2.08. The van der Waals surface area contributed by atoms with Crippen molar-refractivity contribution in [3.8, 4) is 5.75 Å². The Morgan fingerprint density at radius 1 is 1.52 bits per heavy atom. The van der Waals surface area contributed by atoms with Crippen LogP contribution in [-0.2, 0) is 9.59 Å². The minimum atomic E-state index is -1.07. The monoisotopic (exact) mass is 309 g/mol. The number of carbonyl (C=O) groups is 2. The smallest absolute Gasteiger partial charge is 0.327 e. The topological polar surface area (TPSA) is 104 Å². The van der Waals surface area contributed by atoms with Crippen LogP contribution < -0.4 is 10.1 Å². The number of aromatic amines is 1. The second-order valence-electron chi connectivity index (χ2n) is 4.33. The molecule has 0 aliphatic carbocycles. The number of carboxylic acids is 1. The van der Waals surface area contributed by atoms with Gasteiger partial charge in [-0.1, -0.05) is 11.8 Å². The molecule has 2 rings (SSSR count). The molecule has 3 N–H and O–H groups in total.